The van der Waals surface area contributed by atoms with E-state index in [1.54, 1.807) is 63.2 Å². The molecule has 2 aromatic carbocycles. The first-order chi connectivity index (χ1) is 15.8. The molecule has 1 heterocycles. The normalized spacial score (nSPS) is 14.6. The lowest BCUT2D eigenvalue weighted by molar-refractivity contribution is -0.136. The lowest BCUT2D eigenvalue weighted by atomic mass is 10.0. The molecule has 1 amide bonds. The van der Waals surface area contributed by atoms with Crippen LogP contribution >= 0.6 is 0 Å². The van der Waals surface area contributed by atoms with Crippen molar-refractivity contribution >= 4 is 29.6 Å². The Morgan fingerprint density at radius 1 is 1.03 bits per heavy atom. The molecule has 0 atom stereocenters. The molecule has 8 heteroatoms. The Labute approximate surface area is 191 Å². The molecule has 172 valence electrons. The third-order valence-corrected chi connectivity index (χ3v) is 5.02. The first-order valence-corrected chi connectivity index (χ1v) is 10.4. The van der Waals surface area contributed by atoms with Crippen molar-refractivity contribution < 1.29 is 33.7 Å². The van der Waals surface area contributed by atoms with Crippen LogP contribution in [0.25, 0.3) is 6.08 Å². The van der Waals surface area contributed by atoms with E-state index in [4.69, 9.17) is 14.2 Å². The molecule has 0 spiro atoms. The molecule has 1 aliphatic heterocycles. The first-order valence-electron chi connectivity index (χ1n) is 10.4. The van der Waals surface area contributed by atoms with Gasteiger partial charge in [0, 0.05) is 11.4 Å². The molecular formula is C25H25NO7. The summed E-state index contributed by atoms with van der Waals surface area (Å²) in [6.07, 6.45) is 1.55. The smallest absolute Gasteiger partial charge is 0.340 e. The zero-order valence-electron chi connectivity index (χ0n) is 18.9. The molecule has 0 radical (unpaired) electrons. The minimum Gasteiger partial charge on any atom is -0.504 e. The third-order valence-electron chi connectivity index (χ3n) is 5.02. The molecule has 2 aromatic rings. The molecule has 0 saturated heterocycles. The lowest BCUT2D eigenvalue weighted by Gasteiger charge is -2.18. The fourth-order valence-corrected chi connectivity index (χ4v) is 3.51. The number of esters is 2. The molecule has 0 aliphatic carbocycles. The largest absolute Gasteiger partial charge is 0.504 e. The van der Waals surface area contributed by atoms with Gasteiger partial charge in [0.05, 0.1) is 37.0 Å². The van der Waals surface area contributed by atoms with Gasteiger partial charge in [0.25, 0.3) is 5.91 Å². The van der Waals surface area contributed by atoms with Gasteiger partial charge in [0.2, 0.25) is 0 Å². The molecular weight excluding hydrogens is 426 g/mol. The van der Waals surface area contributed by atoms with Gasteiger partial charge in [0.1, 0.15) is 0 Å². The van der Waals surface area contributed by atoms with E-state index in [1.807, 2.05) is 0 Å². The standard InChI is InChI=1S/C25H25NO7/c1-5-32-21-14-16(7-12-20(21)27)13-19-22(25(30)31-4)15(3)26(23(19)28)18-10-8-17(9-11-18)24(29)33-6-2/h7-14,27H,5-6H2,1-4H3/b19-13-. The second kappa shape index (κ2) is 10.0. The van der Waals surface area contributed by atoms with Gasteiger partial charge < -0.3 is 19.3 Å². The first kappa shape index (κ1) is 23.6. The maximum absolute atomic E-state index is 13.4. The summed E-state index contributed by atoms with van der Waals surface area (Å²) in [5, 5.41) is 9.95. The summed E-state index contributed by atoms with van der Waals surface area (Å²) >= 11 is 0. The van der Waals surface area contributed by atoms with Crippen LogP contribution in [0.2, 0.25) is 0 Å². The van der Waals surface area contributed by atoms with Crippen LogP contribution in [0, 0.1) is 0 Å². The predicted octanol–water partition coefficient (Wildman–Crippen LogP) is 3.84. The van der Waals surface area contributed by atoms with Crippen LogP contribution in [0.3, 0.4) is 0 Å². The van der Waals surface area contributed by atoms with E-state index in [0.29, 0.717) is 29.1 Å². The van der Waals surface area contributed by atoms with E-state index < -0.39 is 17.8 Å². The number of methoxy groups -OCH3 is 1. The van der Waals surface area contributed by atoms with Crippen LogP contribution in [0.15, 0.2) is 59.3 Å². The van der Waals surface area contributed by atoms with E-state index >= 15 is 0 Å². The average molecular weight is 451 g/mol. The number of phenols is 1. The lowest BCUT2D eigenvalue weighted by Crippen LogP contribution is -2.24. The van der Waals surface area contributed by atoms with Gasteiger partial charge in [-0.2, -0.15) is 0 Å². The van der Waals surface area contributed by atoms with Crippen molar-refractivity contribution in [2.75, 3.05) is 25.2 Å². The van der Waals surface area contributed by atoms with Crippen molar-refractivity contribution in [3.63, 3.8) is 0 Å². The van der Waals surface area contributed by atoms with Gasteiger partial charge in [-0.05, 0) is 68.8 Å². The molecule has 1 N–H and O–H groups in total. The van der Waals surface area contributed by atoms with Crippen molar-refractivity contribution in [1.29, 1.82) is 0 Å². The number of aromatic hydroxyl groups is 1. The van der Waals surface area contributed by atoms with Crippen molar-refractivity contribution in [2.45, 2.75) is 20.8 Å². The van der Waals surface area contributed by atoms with E-state index in [-0.39, 0.29) is 29.3 Å². The minimum atomic E-state index is -0.651. The summed E-state index contributed by atoms with van der Waals surface area (Å²) < 4.78 is 15.3. The highest BCUT2D eigenvalue weighted by atomic mass is 16.5. The quantitative estimate of drug-likeness (QED) is 0.504. The summed E-state index contributed by atoms with van der Waals surface area (Å²) in [7, 11) is 1.25. The van der Waals surface area contributed by atoms with E-state index in [9.17, 15) is 19.5 Å². The molecule has 1 aliphatic rings. The fourth-order valence-electron chi connectivity index (χ4n) is 3.51. The average Bonchev–Trinajstić information content (AvgIpc) is 3.05. The number of amides is 1. The predicted molar refractivity (Wildman–Crippen MR) is 122 cm³/mol. The molecule has 0 saturated carbocycles. The second-order valence-electron chi connectivity index (χ2n) is 7.08. The van der Waals surface area contributed by atoms with Gasteiger partial charge >= 0.3 is 11.9 Å². The number of nitrogens with zero attached hydrogens (tertiary/aromatic N) is 1. The van der Waals surface area contributed by atoms with Gasteiger partial charge in [0.15, 0.2) is 11.5 Å². The number of ether oxygens (including phenoxy) is 3. The van der Waals surface area contributed by atoms with Crippen LogP contribution < -0.4 is 9.64 Å². The fraction of sp³-hybridized carbons (Fsp3) is 0.240. The summed E-state index contributed by atoms with van der Waals surface area (Å²) in [6, 6.07) is 11.0. The zero-order chi connectivity index (χ0) is 24.1. The van der Waals surface area contributed by atoms with Crippen LogP contribution in [0.4, 0.5) is 5.69 Å². The van der Waals surface area contributed by atoms with E-state index in [2.05, 4.69) is 0 Å². The van der Waals surface area contributed by atoms with Gasteiger partial charge in [-0.25, -0.2) is 9.59 Å². The number of allylic oxidation sites excluding steroid dienone is 1. The number of carbonyl (C=O) groups excluding carboxylic acids is 3. The van der Waals surface area contributed by atoms with Crippen molar-refractivity contribution in [2.24, 2.45) is 0 Å². The highest BCUT2D eigenvalue weighted by Crippen LogP contribution is 2.36. The van der Waals surface area contributed by atoms with Crippen LogP contribution in [0.1, 0.15) is 36.7 Å². The molecule has 0 bridgehead atoms. The molecule has 0 unspecified atom stereocenters. The highest BCUT2D eigenvalue weighted by molar-refractivity contribution is 6.23. The molecule has 0 aromatic heterocycles. The summed E-state index contributed by atoms with van der Waals surface area (Å²) in [4.78, 5) is 39.3. The molecule has 0 fully saturated rings. The maximum Gasteiger partial charge on any atom is 0.340 e. The number of anilines is 1. The topological polar surface area (TPSA) is 102 Å². The van der Waals surface area contributed by atoms with E-state index in [1.165, 1.54) is 18.1 Å². The second-order valence-corrected chi connectivity index (χ2v) is 7.08. The highest BCUT2D eigenvalue weighted by Gasteiger charge is 2.38. The Morgan fingerprint density at radius 3 is 2.33 bits per heavy atom. The van der Waals surface area contributed by atoms with Gasteiger partial charge in [-0.15, -0.1) is 0 Å². The Morgan fingerprint density at radius 2 is 1.73 bits per heavy atom. The van der Waals surface area contributed by atoms with Gasteiger partial charge in [-0.3, -0.25) is 9.69 Å². The SMILES string of the molecule is CCOC(=O)c1ccc(N2C(=O)/C(=C\c3ccc(O)c(OCC)c3)C(C(=O)OC)=C2C)cc1. The van der Waals surface area contributed by atoms with Crippen LogP contribution in [-0.4, -0.2) is 43.3 Å². The summed E-state index contributed by atoms with van der Waals surface area (Å²) in [6.45, 7) is 5.77. The van der Waals surface area contributed by atoms with Gasteiger partial charge in [-0.1, -0.05) is 6.07 Å². The monoisotopic (exact) mass is 451 g/mol. The Kier molecular flexibility index (Phi) is 7.17. The minimum absolute atomic E-state index is 0.0278. The zero-order valence-corrected chi connectivity index (χ0v) is 18.9. The van der Waals surface area contributed by atoms with E-state index in [0.717, 1.165) is 0 Å². The number of phenolic OH excluding ortho intramolecular Hbond substituents is 1. The van der Waals surface area contributed by atoms with Crippen molar-refractivity contribution in [3.8, 4) is 11.5 Å². The molecule has 3 rings (SSSR count). The number of hydrogen-bond acceptors (Lipinski definition) is 7. The number of rotatable bonds is 7. The number of benzene rings is 2. The number of carbonyl (C=O) groups is 3. The van der Waals surface area contributed by atoms with Crippen molar-refractivity contribution in [3.05, 3.63) is 70.4 Å². The van der Waals surface area contributed by atoms with Crippen LogP contribution in [0.5, 0.6) is 11.5 Å². The van der Waals surface area contributed by atoms with Crippen molar-refractivity contribution in [1.82, 2.24) is 0 Å². The van der Waals surface area contributed by atoms with Crippen LogP contribution in [-0.2, 0) is 19.1 Å². The summed E-state index contributed by atoms with van der Waals surface area (Å²) in [5.74, 6) is -1.30. The Hall–Kier alpha value is -4.07. The maximum atomic E-state index is 13.4. The number of hydrogen-bond donors (Lipinski definition) is 1. The molecule has 33 heavy (non-hydrogen) atoms. The third kappa shape index (κ3) is 4.74. The Bertz CT molecular complexity index is 1150. The Balaban J connectivity index is 2.04. The molecule has 8 nitrogen and oxygen atoms in total. The summed E-state index contributed by atoms with van der Waals surface area (Å²) in [5.41, 5.74) is 2.06.